The van der Waals surface area contributed by atoms with Gasteiger partial charge in [-0.05, 0) is 57.1 Å². The fourth-order valence-corrected chi connectivity index (χ4v) is 4.50. The first-order valence-electron chi connectivity index (χ1n) is 11.6. The Balaban J connectivity index is 1.60. The number of rotatable bonds is 8. The van der Waals surface area contributed by atoms with Crippen LogP contribution < -0.4 is 24.8 Å². The molecule has 0 saturated carbocycles. The summed E-state index contributed by atoms with van der Waals surface area (Å²) in [6, 6.07) is 9.43. The van der Waals surface area contributed by atoms with Crippen LogP contribution in [0.3, 0.4) is 0 Å². The summed E-state index contributed by atoms with van der Waals surface area (Å²) < 4.78 is 31.7. The van der Waals surface area contributed by atoms with E-state index in [1.807, 2.05) is 7.05 Å². The van der Waals surface area contributed by atoms with E-state index < -0.39 is 17.6 Å². The highest BCUT2D eigenvalue weighted by Gasteiger charge is 2.26. The molecule has 1 unspecified atom stereocenters. The number of pyridine rings is 1. The van der Waals surface area contributed by atoms with Gasteiger partial charge in [-0.25, -0.2) is 4.39 Å². The molecule has 3 aromatic rings. The Morgan fingerprint density at radius 2 is 1.86 bits per heavy atom. The molecule has 4 rings (SSSR count). The molecule has 36 heavy (non-hydrogen) atoms. The quantitative estimate of drug-likeness (QED) is 0.476. The van der Waals surface area contributed by atoms with Gasteiger partial charge >= 0.3 is 11.8 Å². The number of anilines is 1. The third-order valence-corrected chi connectivity index (χ3v) is 6.47. The van der Waals surface area contributed by atoms with Crippen molar-refractivity contribution >= 4 is 28.4 Å². The van der Waals surface area contributed by atoms with Crippen molar-refractivity contribution in [3.8, 4) is 23.0 Å². The van der Waals surface area contributed by atoms with Gasteiger partial charge in [-0.3, -0.25) is 14.6 Å². The number of amides is 2. The molecule has 2 N–H and O–H groups in total. The number of benzene rings is 2. The summed E-state index contributed by atoms with van der Waals surface area (Å²) in [6.45, 7) is 1.23. The molecule has 1 aliphatic heterocycles. The minimum Gasteiger partial charge on any atom is -0.493 e. The van der Waals surface area contributed by atoms with Gasteiger partial charge in [0.15, 0.2) is 23.1 Å². The summed E-state index contributed by atoms with van der Waals surface area (Å²) in [5.74, 6) is -1.38. The van der Waals surface area contributed by atoms with Gasteiger partial charge < -0.3 is 29.7 Å². The van der Waals surface area contributed by atoms with Crippen molar-refractivity contribution < 1.29 is 28.2 Å². The van der Waals surface area contributed by atoms with E-state index in [4.69, 9.17) is 19.9 Å². The molecule has 1 saturated heterocycles. The number of carbonyl (C=O) groups excluding carboxylic acids is 2. The summed E-state index contributed by atoms with van der Waals surface area (Å²) in [6.07, 6.45) is 4.27. The first kappa shape index (κ1) is 25.2. The third-order valence-electron chi connectivity index (χ3n) is 6.47. The first-order valence-corrected chi connectivity index (χ1v) is 11.6. The van der Waals surface area contributed by atoms with Crippen molar-refractivity contribution in [3.63, 3.8) is 0 Å². The van der Waals surface area contributed by atoms with Crippen LogP contribution in [0.2, 0.25) is 0 Å². The number of primary amides is 1. The number of nitrogens with zero attached hydrogens (tertiary/aromatic N) is 3. The van der Waals surface area contributed by atoms with Gasteiger partial charge in [-0.15, -0.1) is 0 Å². The zero-order chi connectivity index (χ0) is 25.8. The highest BCUT2D eigenvalue weighted by atomic mass is 19.1. The molecule has 2 heterocycles. The van der Waals surface area contributed by atoms with E-state index in [9.17, 15) is 9.59 Å². The van der Waals surface area contributed by atoms with E-state index in [0.29, 0.717) is 34.6 Å². The predicted molar refractivity (Wildman–Crippen MR) is 133 cm³/mol. The number of hydrogen-bond donors (Lipinski definition) is 1. The number of aromatic nitrogens is 1. The number of hydrogen-bond acceptors (Lipinski definition) is 7. The van der Waals surface area contributed by atoms with Gasteiger partial charge in [-0.2, -0.15) is 0 Å². The molecule has 2 amide bonds. The highest BCUT2D eigenvalue weighted by molar-refractivity contribution is 6.39. The molecule has 190 valence electrons. The second-order valence-corrected chi connectivity index (χ2v) is 8.64. The number of fused-ring (bicyclic) bond motifs is 1. The Kier molecular flexibility index (Phi) is 7.54. The van der Waals surface area contributed by atoms with Gasteiger partial charge in [0, 0.05) is 42.0 Å². The van der Waals surface area contributed by atoms with Crippen LogP contribution in [0.15, 0.2) is 42.6 Å². The molecule has 1 atom stereocenters. The van der Waals surface area contributed by atoms with E-state index in [2.05, 4.69) is 9.88 Å². The minimum atomic E-state index is -1.09. The average Bonchev–Trinajstić information content (AvgIpc) is 3.29. The van der Waals surface area contributed by atoms with Crippen molar-refractivity contribution in [1.29, 1.82) is 0 Å². The number of nitrogens with two attached hydrogens (primary N) is 1. The van der Waals surface area contributed by atoms with Crippen LogP contribution in [0.5, 0.6) is 23.0 Å². The fourth-order valence-electron chi connectivity index (χ4n) is 4.50. The van der Waals surface area contributed by atoms with Gasteiger partial charge in [0.1, 0.15) is 5.75 Å². The molecule has 1 aliphatic rings. The molecular weight excluding hydrogens is 467 g/mol. The predicted octanol–water partition coefficient (Wildman–Crippen LogP) is 3.49. The largest absolute Gasteiger partial charge is 0.493 e. The minimum absolute atomic E-state index is 0.0527. The Bertz CT molecular complexity index is 1280. The van der Waals surface area contributed by atoms with Crippen molar-refractivity contribution in [3.05, 3.63) is 48.4 Å². The lowest BCUT2D eigenvalue weighted by Crippen LogP contribution is -2.42. The maximum Gasteiger partial charge on any atom is 0.316 e. The van der Waals surface area contributed by atoms with Crippen molar-refractivity contribution in [2.45, 2.75) is 25.3 Å². The Hall–Kier alpha value is -3.92. The summed E-state index contributed by atoms with van der Waals surface area (Å²) in [5.41, 5.74) is 6.08. The molecule has 9 nitrogen and oxygen atoms in total. The Morgan fingerprint density at radius 1 is 1.11 bits per heavy atom. The van der Waals surface area contributed by atoms with Crippen LogP contribution in [0.1, 0.15) is 19.3 Å². The molecule has 0 bridgehead atoms. The lowest BCUT2D eigenvalue weighted by atomic mass is 10.1. The normalized spacial score (nSPS) is 15.6. The van der Waals surface area contributed by atoms with Gasteiger partial charge in [0.25, 0.3) is 0 Å². The van der Waals surface area contributed by atoms with Crippen LogP contribution in [-0.4, -0.2) is 62.1 Å². The lowest BCUT2D eigenvalue weighted by Gasteiger charge is -2.26. The molecule has 1 fully saturated rings. The van der Waals surface area contributed by atoms with E-state index in [1.54, 1.807) is 24.4 Å². The van der Waals surface area contributed by atoms with Crippen molar-refractivity contribution in [2.75, 3.05) is 39.3 Å². The van der Waals surface area contributed by atoms with Crippen LogP contribution >= 0.6 is 0 Å². The molecule has 2 aromatic carbocycles. The molecular formula is C26H29FN4O5. The van der Waals surface area contributed by atoms with Crippen LogP contribution in [0.25, 0.3) is 10.9 Å². The number of ether oxygens (including phenoxy) is 3. The second kappa shape index (κ2) is 10.8. The Morgan fingerprint density at radius 3 is 2.50 bits per heavy atom. The third kappa shape index (κ3) is 5.18. The van der Waals surface area contributed by atoms with Crippen LogP contribution in [0, 0.1) is 5.82 Å². The van der Waals surface area contributed by atoms with Crippen LogP contribution in [-0.2, 0) is 9.59 Å². The summed E-state index contributed by atoms with van der Waals surface area (Å²) >= 11 is 0. The fraction of sp³-hybridized carbons (Fsp3) is 0.346. The zero-order valence-electron chi connectivity index (χ0n) is 20.5. The van der Waals surface area contributed by atoms with Gasteiger partial charge in [0.05, 0.1) is 19.7 Å². The summed E-state index contributed by atoms with van der Waals surface area (Å²) in [7, 11) is 5.07. The van der Waals surface area contributed by atoms with E-state index >= 15 is 4.39 Å². The van der Waals surface area contributed by atoms with Crippen molar-refractivity contribution in [1.82, 2.24) is 9.88 Å². The van der Waals surface area contributed by atoms with Crippen LogP contribution in [0.4, 0.5) is 10.1 Å². The number of carbonyl (C=O) groups is 2. The Labute approximate surface area is 208 Å². The first-order chi connectivity index (χ1) is 17.3. The monoisotopic (exact) mass is 496 g/mol. The SMILES string of the molecule is COc1cc2nccc(Oc3ccc(N(CCC4CCCN4C)C(=O)C(N)=O)cc3F)c2cc1OC. The van der Waals surface area contributed by atoms with E-state index in [-0.39, 0.29) is 24.0 Å². The van der Waals surface area contributed by atoms with E-state index in [1.165, 1.54) is 37.3 Å². The zero-order valence-corrected chi connectivity index (χ0v) is 20.5. The van der Waals surface area contributed by atoms with E-state index in [0.717, 1.165) is 19.4 Å². The van der Waals surface area contributed by atoms with Gasteiger partial charge in [-0.1, -0.05) is 0 Å². The summed E-state index contributed by atoms with van der Waals surface area (Å²) in [4.78, 5) is 32.0. The highest BCUT2D eigenvalue weighted by Crippen LogP contribution is 2.37. The number of halogens is 1. The summed E-state index contributed by atoms with van der Waals surface area (Å²) in [5, 5.41) is 0.602. The number of methoxy groups -OCH3 is 2. The number of likely N-dealkylation sites (tertiary alicyclic amines) is 1. The molecule has 10 heteroatoms. The second-order valence-electron chi connectivity index (χ2n) is 8.64. The van der Waals surface area contributed by atoms with Gasteiger partial charge in [0.2, 0.25) is 0 Å². The lowest BCUT2D eigenvalue weighted by molar-refractivity contribution is -0.135. The van der Waals surface area contributed by atoms with Crippen molar-refractivity contribution in [2.24, 2.45) is 5.73 Å². The average molecular weight is 497 g/mol. The molecule has 1 aromatic heterocycles. The molecule has 0 spiro atoms. The maximum atomic E-state index is 15.2. The molecule has 0 aliphatic carbocycles. The molecule has 0 radical (unpaired) electrons. The standard InChI is InChI=1S/C26H29FN4O5/c1-30-11-4-5-16(30)9-12-31(26(33)25(28)32)17-6-7-22(19(27)13-17)36-21-8-10-29-20-15-24(35-3)23(34-2)14-18(20)21/h6-8,10,13-16H,4-5,9,11-12H2,1-3H3,(H2,28,32). The smallest absolute Gasteiger partial charge is 0.316 e. The topological polar surface area (TPSA) is 107 Å². The maximum absolute atomic E-state index is 15.2.